The molecule has 0 saturated carbocycles. The molecule has 0 radical (unpaired) electrons. The first-order valence-electron chi connectivity index (χ1n) is 12.6. The summed E-state index contributed by atoms with van der Waals surface area (Å²) in [5.74, 6) is 1.95. The molecule has 178 valence electrons. The third kappa shape index (κ3) is 3.95. The number of aromatic nitrogens is 3. The Balaban J connectivity index is 1.33. The molecule has 4 nitrogen and oxygen atoms in total. The number of hydrogen-bond donors (Lipinski definition) is 0. The van der Waals surface area contributed by atoms with Crippen molar-refractivity contribution in [2.75, 3.05) is 0 Å². The normalized spacial score (nSPS) is 11.3. The first kappa shape index (κ1) is 22.2. The fourth-order valence-electron chi connectivity index (χ4n) is 4.83. The van der Waals surface area contributed by atoms with E-state index in [2.05, 4.69) is 80.6 Å². The maximum absolute atomic E-state index is 6.26. The molecule has 2 heterocycles. The van der Waals surface area contributed by atoms with Gasteiger partial charge < -0.3 is 4.42 Å². The Kier molecular flexibility index (Phi) is 5.33. The Morgan fingerprint density at radius 2 is 0.974 bits per heavy atom. The minimum absolute atomic E-state index is 0.642. The second-order valence-electron chi connectivity index (χ2n) is 9.40. The molecule has 0 bridgehead atoms. The Hall–Kier alpha value is -5.03. The molecule has 0 atom stereocenters. The highest BCUT2D eigenvalue weighted by atomic mass is 16.3. The minimum Gasteiger partial charge on any atom is -0.455 e. The van der Waals surface area contributed by atoms with E-state index in [4.69, 9.17) is 19.4 Å². The largest absolute Gasteiger partial charge is 0.455 e. The molecule has 0 N–H and O–H groups in total. The monoisotopic (exact) mass is 487 g/mol. The van der Waals surface area contributed by atoms with Crippen LogP contribution in [0.2, 0.25) is 0 Å². The number of furan rings is 1. The average molecular weight is 487 g/mol. The van der Waals surface area contributed by atoms with Gasteiger partial charge in [0.05, 0.1) is 0 Å². The molecule has 7 aromatic rings. The van der Waals surface area contributed by atoms with E-state index in [1.807, 2.05) is 48.5 Å². The van der Waals surface area contributed by atoms with Crippen molar-refractivity contribution in [3.8, 4) is 45.3 Å². The van der Waals surface area contributed by atoms with Gasteiger partial charge in [-0.3, -0.25) is 0 Å². The number of para-hydroxylation sites is 2. The van der Waals surface area contributed by atoms with Gasteiger partial charge in [-0.2, -0.15) is 0 Å². The van der Waals surface area contributed by atoms with Crippen molar-refractivity contribution >= 4 is 35.2 Å². The molecule has 0 unspecified atom stereocenters. The van der Waals surface area contributed by atoms with E-state index in [1.54, 1.807) is 0 Å². The van der Waals surface area contributed by atoms with Gasteiger partial charge in [-0.15, -0.1) is 0 Å². The van der Waals surface area contributed by atoms with Gasteiger partial charge in [0.15, 0.2) is 17.5 Å². The lowest BCUT2D eigenvalue weighted by Crippen LogP contribution is -2.03. The molecule has 0 fully saturated rings. The van der Waals surface area contributed by atoms with Gasteiger partial charge in [0.1, 0.15) is 19.0 Å². The van der Waals surface area contributed by atoms with Crippen LogP contribution in [0.4, 0.5) is 0 Å². The van der Waals surface area contributed by atoms with Crippen molar-refractivity contribution in [1.82, 2.24) is 15.0 Å². The van der Waals surface area contributed by atoms with Crippen molar-refractivity contribution in [3.63, 3.8) is 0 Å². The second-order valence-corrected chi connectivity index (χ2v) is 9.40. The van der Waals surface area contributed by atoms with Gasteiger partial charge in [-0.1, -0.05) is 121 Å². The van der Waals surface area contributed by atoms with Gasteiger partial charge in [-0.25, -0.2) is 15.0 Å². The fraction of sp³-hybridized carbons (Fsp3) is 0. The zero-order valence-corrected chi connectivity index (χ0v) is 20.8. The van der Waals surface area contributed by atoms with Crippen molar-refractivity contribution in [2.45, 2.75) is 0 Å². The number of nitrogens with zero attached hydrogens (tertiary/aromatic N) is 3. The first-order valence-corrected chi connectivity index (χ1v) is 12.6. The summed E-state index contributed by atoms with van der Waals surface area (Å²) in [6.07, 6.45) is 0. The Morgan fingerprint density at radius 1 is 0.447 bits per heavy atom. The van der Waals surface area contributed by atoms with E-state index in [0.29, 0.717) is 17.5 Å². The Labute approximate surface area is 221 Å². The van der Waals surface area contributed by atoms with Crippen LogP contribution in [-0.2, 0) is 0 Å². The summed E-state index contributed by atoms with van der Waals surface area (Å²) in [5, 5.41) is 2.25. The molecule has 0 spiro atoms. The van der Waals surface area contributed by atoms with Crippen LogP contribution in [0.1, 0.15) is 0 Å². The summed E-state index contributed by atoms with van der Waals surface area (Å²) in [4.78, 5) is 14.5. The maximum Gasteiger partial charge on any atom is 0.164 e. The van der Waals surface area contributed by atoms with Crippen LogP contribution in [0.15, 0.2) is 126 Å². The summed E-state index contributed by atoms with van der Waals surface area (Å²) in [7, 11) is 2.07. The molecule has 5 heteroatoms. The molecule has 38 heavy (non-hydrogen) atoms. The molecular formula is C33H22BN3O. The topological polar surface area (TPSA) is 51.8 Å². The third-order valence-corrected chi connectivity index (χ3v) is 6.84. The molecular weight excluding hydrogens is 465 g/mol. The average Bonchev–Trinajstić information content (AvgIpc) is 3.37. The van der Waals surface area contributed by atoms with Crippen LogP contribution in [0.5, 0.6) is 0 Å². The highest BCUT2D eigenvalue weighted by Crippen LogP contribution is 2.36. The standard InChI is InChI=1S/C33H22BN3O/c34-25-19-17-24(18-20-25)33-36-31(22-7-2-1-3-8-22)35-32(37-33)23-15-13-21(14-16-23)26-10-6-11-28-27-9-4-5-12-29(27)38-30(26)28/h1-20H,34H2. The SMILES string of the molecule is Bc1ccc(-c2nc(-c3ccccc3)nc(-c3ccc(-c4cccc5c4oc4ccccc45)cc3)n2)cc1. The molecule has 2 aromatic heterocycles. The van der Waals surface area contributed by atoms with Crippen molar-refractivity contribution in [1.29, 1.82) is 0 Å². The summed E-state index contributed by atoms with van der Waals surface area (Å²) in [6, 6.07) is 41.1. The van der Waals surface area contributed by atoms with Gasteiger partial charge in [0.25, 0.3) is 0 Å². The molecule has 0 aliphatic rings. The summed E-state index contributed by atoms with van der Waals surface area (Å²) in [5.41, 5.74) is 7.98. The summed E-state index contributed by atoms with van der Waals surface area (Å²) < 4.78 is 6.26. The summed E-state index contributed by atoms with van der Waals surface area (Å²) >= 11 is 0. The zero-order valence-electron chi connectivity index (χ0n) is 20.8. The van der Waals surface area contributed by atoms with Gasteiger partial charge >= 0.3 is 0 Å². The van der Waals surface area contributed by atoms with E-state index in [-0.39, 0.29) is 0 Å². The molecule has 0 aliphatic heterocycles. The third-order valence-electron chi connectivity index (χ3n) is 6.84. The predicted octanol–water partition coefficient (Wildman–Crippen LogP) is 6.70. The highest BCUT2D eigenvalue weighted by Gasteiger charge is 2.14. The zero-order chi connectivity index (χ0) is 25.5. The molecule has 0 saturated heterocycles. The lowest BCUT2D eigenvalue weighted by Gasteiger charge is -2.09. The van der Waals surface area contributed by atoms with Gasteiger partial charge in [0, 0.05) is 33.0 Å². The van der Waals surface area contributed by atoms with Gasteiger partial charge in [-0.05, 0) is 11.6 Å². The maximum atomic E-state index is 6.26. The molecule has 0 amide bonds. The number of hydrogen-bond acceptors (Lipinski definition) is 4. The second kappa shape index (κ2) is 9.13. The van der Waals surface area contributed by atoms with Crippen LogP contribution in [0.3, 0.4) is 0 Å². The smallest absolute Gasteiger partial charge is 0.164 e. The minimum atomic E-state index is 0.642. The number of benzene rings is 5. The van der Waals surface area contributed by atoms with E-state index in [1.165, 1.54) is 5.46 Å². The van der Waals surface area contributed by atoms with Crippen LogP contribution in [0.25, 0.3) is 67.2 Å². The lowest BCUT2D eigenvalue weighted by molar-refractivity contribution is 0.670. The molecule has 0 aliphatic carbocycles. The lowest BCUT2D eigenvalue weighted by atomic mass is 9.95. The van der Waals surface area contributed by atoms with Crippen LogP contribution in [0, 0.1) is 0 Å². The summed E-state index contributed by atoms with van der Waals surface area (Å²) in [6.45, 7) is 0. The van der Waals surface area contributed by atoms with E-state index < -0.39 is 0 Å². The Bertz CT molecular complexity index is 1910. The van der Waals surface area contributed by atoms with E-state index in [9.17, 15) is 0 Å². The predicted molar refractivity (Wildman–Crippen MR) is 157 cm³/mol. The number of rotatable bonds is 4. The van der Waals surface area contributed by atoms with Gasteiger partial charge in [0.2, 0.25) is 0 Å². The van der Waals surface area contributed by atoms with E-state index in [0.717, 1.165) is 49.8 Å². The molecule has 5 aromatic carbocycles. The quantitative estimate of drug-likeness (QED) is 0.260. The fourth-order valence-corrected chi connectivity index (χ4v) is 4.83. The van der Waals surface area contributed by atoms with Crippen molar-refractivity contribution < 1.29 is 4.42 Å². The first-order chi connectivity index (χ1) is 18.7. The Morgan fingerprint density at radius 3 is 1.66 bits per heavy atom. The van der Waals surface area contributed by atoms with Crippen LogP contribution < -0.4 is 5.46 Å². The van der Waals surface area contributed by atoms with Crippen LogP contribution in [-0.4, -0.2) is 22.8 Å². The van der Waals surface area contributed by atoms with Crippen molar-refractivity contribution in [2.24, 2.45) is 0 Å². The van der Waals surface area contributed by atoms with Crippen LogP contribution >= 0.6 is 0 Å². The highest BCUT2D eigenvalue weighted by molar-refractivity contribution is 6.32. The molecule has 7 rings (SSSR count). The van der Waals surface area contributed by atoms with E-state index >= 15 is 0 Å². The number of fused-ring (bicyclic) bond motifs is 3. The van der Waals surface area contributed by atoms with Crippen molar-refractivity contribution in [3.05, 3.63) is 121 Å².